The molecule has 0 amide bonds. The van der Waals surface area contributed by atoms with Crippen LogP contribution in [0, 0.1) is 6.92 Å². The van der Waals surface area contributed by atoms with E-state index < -0.39 is 17.7 Å². The molecule has 1 heterocycles. The first-order valence-electron chi connectivity index (χ1n) is 7.27. The topological polar surface area (TPSA) is 93.1 Å². The lowest BCUT2D eigenvalue weighted by molar-refractivity contribution is -0.154. The highest BCUT2D eigenvalue weighted by Gasteiger charge is 2.48. The molecule has 2 unspecified atom stereocenters. The molecule has 0 fully saturated rings. The van der Waals surface area contributed by atoms with Gasteiger partial charge in [-0.3, -0.25) is 9.59 Å². The van der Waals surface area contributed by atoms with Gasteiger partial charge in [0.05, 0.1) is 6.42 Å². The van der Waals surface area contributed by atoms with Crippen LogP contribution in [0.25, 0.3) is 0 Å². The summed E-state index contributed by atoms with van der Waals surface area (Å²) in [6.45, 7) is 6.28. The molecule has 0 aliphatic carbocycles. The van der Waals surface area contributed by atoms with Gasteiger partial charge in [0, 0.05) is 6.92 Å². The Morgan fingerprint density at radius 3 is 2.87 bits per heavy atom. The molecule has 6 nitrogen and oxygen atoms in total. The highest BCUT2D eigenvalue weighted by atomic mass is 16.6. The number of hydrogen-bond acceptors (Lipinski definition) is 6. The number of carbonyl (C=O) groups is 2. The zero-order valence-corrected chi connectivity index (χ0v) is 13.2. The predicted octanol–water partition coefficient (Wildman–Crippen LogP) is 1.90. The van der Waals surface area contributed by atoms with Gasteiger partial charge in [0.1, 0.15) is 29.8 Å². The fourth-order valence-electron chi connectivity index (χ4n) is 2.67. The minimum atomic E-state index is -1.40. The van der Waals surface area contributed by atoms with Crippen LogP contribution in [0.15, 0.2) is 24.8 Å². The van der Waals surface area contributed by atoms with Gasteiger partial charge in [-0.2, -0.15) is 0 Å². The second-order valence-electron chi connectivity index (χ2n) is 5.74. The smallest absolute Gasteiger partial charge is 0.302 e. The number of ether oxygens (including phenoxy) is 2. The van der Waals surface area contributed by atoms with Gasteiger partial charge in [0.15, 0.2) is 11.4 Å². The van der Waals surface area contributed by atoms with E-state index in [4.69, 9.17) is 9.47 Å². The van der Waals surface area contributed by atoms with Crippen LogP contribution in [0.5, 0.6) is 11.5 Å². The molecule has 2 N–H and O–H groups in total. The average molecular weight is 320 g/mol. The molecule has 1 aliphatic rings. The minimum Gasteiger partial charge on any atom is -0.507 e. The quantitative estimate of drug-likeness (QED) is 0.636. The Balaban J connectivity index is 2.46. The van der Waals surface area contributed by atoms with E-state index >= 15 is 0 Å². The Hall–Kier alpha value is -2.34. The molecule has 0 spiro atoms. The Morgan fingerprint density at radius 1 is 1.57 bits per heavy atom. The number of Topliss-reactive ketones (excluding diaryl/α,β-unsaturated/α-hetero) is 1. The van der Waals surface area contributed by atoms with E-state index in [1.165, 1.54) is 19.1 Å². The van der Waals surface area contributed by atoms with E-state index in [1.54, 1.807) is 13.0 Å². The molecule has 1 aliphatic heterocycles. The fourth-order valence-corrected chi connectivity index (χ4v) is 2.67. The summed E-state index contributed by atoms with van der Waals surface area (Å²) in [5.41, 5.74) is -0.611. The van der Waals surface area contributed by atoms with Crippen LogP contribution in [0.4, 0.5) is 0 Å². The Kier molecular flexibility index (Phi) is 4.75. The molecule has 1 aromatic rings. The van der Waals surface area contributed by atoms with E-state index in [9.17, 15) is 19.8 Å². The molecule has 0 saturated carbocycles. The number of phenols is 1. The Bertz CT molecular complexity index is 651. The number of fused-ring (bicyclic) bond motifs is 1. The summed E-state index contributed by atoms with van der Waals surface area (Å²) in [5, 5.41) is 20.4. The SMILES string of the molecule is C=CCC(O)C1(COC(C)=O)CC(=O)c2c(O)cc(C)cc2O1. The summed E-state index contributed by atoms with van der Waals surface area (Å²) < 4.78 is 10.9. The number of phenolic OH excluding ortho intramolecular Hbond substituents is 1. The molecule has 2 atom stereocenters. The van der Waals surface area contributed by atoms with Gasteiger partial charge in [-0.1, -0.05) is 6.08 Å². The average Bonchev–Trinajstić information content (AvgIpc) is 2.44. The molecule has 23 heavy (non-hydrogen) atoms. The van der Waals surface area contributed by atoms with E-state index in [-0.39, 0.29) is 42.3 Å². The number of carbonyl (C=O) groups excluding carboxylic acids is 2. The largest absolute Gasteiger partial charge is 0.507 e. The molecular weight excluding hydrogens is 300 g/mol. The van der Waals surface area contributed by atoms with Crippen LogP contribution in [0.2, 0.25) is 0 Å². The first-order valence-corrected chi connectivity index (χ1v) is 7.27. The van der Waals surface area contributed by atoms with Crippen LogP contribution in [-0.2, 0) is 9.53 Å². The summed E-state index contributed by atoms with van der Waals surface area (Å²) in [6.07, 6.45) is 0.372. The van der Waals surface area contributed by atoms with Gasteiger partial charge in [-0.05, 0) is 31.0 Å². The maximum atomic E-state index is 12.5. The van der Waals surface area contributed by atoms with Gasteiger partial charge < -0.3 is 19.7 Å². The van der Waals surface area contributed by atoms with Crippen LogP contribution in [0.3, 0.4) is 0 Å². The van der Waals surface area contributed by atoms with Crippen molar-refractivity contribution >= 4 is 11.8 Å². The maximum absolute atomic E-state index is 12.5. The lowest BCUT2D eigenvalue weighted by Gasteiger charge is -2.40. The number of hydrogen-bond donors (Lipinski definition) is 2. The van der Waals surface area contributed by atoms with E-state index in [2.05, 4.69) is 6.58 Å². The summed E-state index contributed by atoms with van der Waals surface area (Å²) >= 11 is 0. The first-order chi connectivity index (χ1) is 10.8. The summed E-state index contributed by atoms with van der Waals surface area (Å²) in [6, 6.07) is 3.08. The number of benzene rings is 1. The molecule has 0 radical (unpaired) electrons. The highest BCUT2D eigenvalue weighted by Crippen LogP contribution is 2.41. The van der Waals surface area contributed by atoms with Gasteiger partial charge in [0.2, 0.25) is 0 Å². The van der Waals surface area contributed by atoms with Crippen molar-refractivity contribution in [2.75, 3.05) is 6.61 Å². The number of ketones is 1. The molecular formula is C17H20O6. The van der Waals surface area contributed by atoms with Crippen LogP contribution < -0.4 is 4.74 Å². The lowest BCUT2D eigenvalue weighted by Crippen LogP contribution is -2.55. The van der Waals surface area contributed by atoms with Crippen LogP contribution in [0.1, 0.15) is 35.7 Å². The third-order valence-corrected chi connectivity index (χ3v) is 3.79. The third kappa shape index (κ3) is 3.37. The van der Waals surface area contributed by atoms with Crippen LogP contribution >= 0.6 is 0 Å². The van der Waals surface area contributed by atoms with Gasteiger partial charge in [-0.15, -0.1) is 6.58 Å². The summed E-state index contributed by atoms with van der Waals surface area (Å²) in [7, 11) is 0. The Labute approximate surface area is 134 Å². The van der Waals surface area contributed by atoms with Crippen molar-refractivity contribution in [1.29, 1.82) is 0 Å². The number of aliphatic hydroxyl groups is 1. The number of aromatic hydroxyl groups is 1. The van der Waals surface area contributed by atoms with Gasteiger partial charge in [-0.25, -0.2) is 0 Å². The van der Waals surface area contributed by atoms with Crippen molar-refractivity contribution in [1.82, 2.24) is 0 Å². The zero-order valence-electron chi connectivity index (χ0n) is 13.2. The molecule has 0 bridgehead atoms. The molecule has 124 valence electrons. The van der Waals surface area contributed by atoms with Gasteiger partial charge in [0.25, 0.3) is 0 Å². The fraction of sp³-hybridized carbons (Fsp3) is 0.412. The first kappa shape index (κ1) is 17.0. The summed E-state index contributed by atoms with van der Waals surface area (Å²) in [4.78, 5) is 23.6. The standard InChI is InChI=1S/C17H20O6/c1-4-5-15(21)17(9-22-11(3)18)8-13(20)16-12(19)6-10(2)7-14(16)23-17/h4,6-7,15,19,21H,1,5,8-9H2,2-3H3. The molecule has 1 aromatic carbocycles. The maximum Gasteiger partial charge on any atom is 0.302 e. The van der Waals surface area contributed by atoms with E-state index in [0.717, 1.165) is 0 Å². The normalized spacial score (nSPS) is 21.1. The molecule has 2 rings (SSSR count). The van der Waals surface area contributed by atoms with Crippen molar-refractivity contribution in [3.05, 3.63) is 35.9 Å². The lowest BCUT2D eigenvalue weighted by atomic mass is 9.84. The van der Waals surface area contributed by atoms with Crippen molar-refractivity contribution in [2.45, 2.75) is 38.4 Å². The van der Waals surface area contributed by atoms with Crippen molar-refractivity contribution < 1.29 is 29.3 Å². The number of aliphatic hydroxyl groups excluding tert-OH is 1. The minimum absolute atomic E-state index is 0.0832. The van der Waals surface area contributed by atoms with Crippen molar-refractivity contribution in [3.8, 4) is 11.5 Å². The second kappa shape index (κ2) is 6.42. The molecule has 6 heteroatoms. The van der Waals surface area contributed by atoms with Gasteiger partial charge >= 0.3 is 5.97 Å². The Morgan fingerprint density at radius 2 is 2.26 bits per heavy atom. The number of aryl methyl sites for hydroxylation is 1. The van der Waals surface area contributed by atoms with Crippen LogP contribution in [-0.4, -0.2) is 40.3 Å². The monoisotopic (exact) mass is 320 g/mol. The third-order valence-electron chi connectivity index (χ3n) is 3.79. The number of rotatable bonds is 5. The predicted molar refractivity (Wildman–Crippen MR) is 82.6 cm³/mol. The second-order valence-corrected chi connectivity index (χ2v) is 5.74. The highest BCUT2D eigenvalue weighted by molar-refractivity contribution is 6.03. The van der Waals surface area contributed by atoms with Crippen molar-refractivity contribution in [3.63, 3.8) is 0 Å². The summed E-state index contributed by atoms with van der Waals surface area (Å²) in [5.74, 6) is -0.901. The van der Waals surface area contributed by atoms with E-state index in [1.807, 2.05) is 0 Å². The number of esters is 1. The molecule has 0 aromatic heterocycles. The molecule has 0 saturated heterocycles. The van der Waals surface area contributed by atoms with Crippen molar-refractivity contribution in [2.24, 2.45) is 0 Å². The zero-order chi connectivity index (χ0) is 17.2. The van der Waals surface area contributed by atoms with E-state index in [0.29, 0.717) is 5.56 Å².